The first-order valence-corrected chi connectivity index (χ1v) is 7.18. The van der Waals surface area contributed by atoms with Crippen molar-refractivity contribution in [2.24, 2.45) is 0 Å². The number of hydrogen-bond acceptors (Lipinski definition) is 2. The van der Waals surface area contributed by atoms with Crippen molar-refractivity contribution in [3.8, 4) is 5.75 Å². The molecule has 0 fully saturated rings. The van der Waals surface area contributed by atoms with Gasteiger partial charge >= 0.3 is 0 Å². The van der Waals surface area contributed by atoms with Crippen LogP contribution in [0.15, 0.2) is 48.5 Å². The highest BCUT2D eigenvalue weighted by molar-refractivity contribution is 5.94. The summed E-state index contributed by atoms with van der Waals surface area (Å²) >= 11 is 0. The van der Waals surface area contributed by atoms with Crippen molar-refractivity contribution in [1.29, 1.82) is 0 Å². The maximum atomic E-state index is 11.4. The zero-order chi connectivity index (χ0) is 14.8. The maximum absolute atomic E-state index is 11.4. The van der Waals surface area contributed by atoms with Gasteiger partial charge < -0.3 is 4.74 Å². The number of allylic oxidation sites excluding steroid dienone is 1. The highest BCUT2D eigenvalue weighted by Crippen LogP contribution is 2.36. The molecule has 2 nitrogen and oxygen atoms in total. The Morgan fingerprint density at radius 3 is 2.52 bits per heavy atom. The number of ketones is 1. The average Bonchev–Trinajstić information content (AvgIpc) is 2.53. The summed E-state index contributed by atoms with van der Waals surface area (Å²) in [5, 5.41) is 0. The predicted molar refractivity (Wildman–Crippen MR) is 84.8 cm³/mol. The number of methoxy groups -OCH3 is 1. The van der Waals surface area contributed by atoms with Crippen molar-refractivity contribution in [2.45, 2.75) is 19.8 Å². The van der Waals surface area contributed by atoms with Gasteiger partial charge in [-0.25, -0.2) is 0 Å². The Labute approximate surface area is 125 Å². The summed E-state index contributed by atoms with van der Waals surface area (Å²) in [5.41, 5.74) is 5.63. The average molecular weight is 278 g/mol. The quantitative estimate of drug-likeness (QED) is 0.783. The van der Waals surface area contributed by atoms with E-state index in [1.807, 2.05) is 36.4 Å². The number of ether oxygens (including phenoxy) is 1. The second-order valence-corrected chi connectivity index (χ2v) is 5.28. The van der Waals surface area contributed by atoms with E-state index in [1.165, 1.54) is 16.7 Å². The molecule has 106 valence electrons. The Bertz CT molecular complexity index is 709. The molecule has 0 saturated heterocycles. The van der Waals surface area contributed by atoms with Crippen LogP contribution in [0.2, 0.25) is 0 Å². The molecule has 2 heteroatoms. The van der Waals surface area contributed by atoms with Gasteiger partial charge in [-0.15, -0.1) is 0 Å². The van der Waals surface area contributed by atoms with E-state index in [0.29, 0.717) is 0 Å². The lowest BCUT2D eigenvalue weighted by molar-refractivity contribution is 0.101. The zero-order valence-corrected chi connectivity index (χ0v) is 12.3. The maximum Gasteiger partial charge on any atom is 0.159 e. The summed E-state index contributed by atoms with van der Waals surface area (Å²) in [4.78, 5) is 11.4. The molecule has 0 N–H and O–H groups in total. The van der Waals surface area contributed by atoms with Crippen LogP contribution in [0.1, 0.15) is 40.4 Å². The van der Waals surface area contributed by atoms with Crippen LogP contribution in [0, 0.1) is 0 Å². The van der Waals surface area contributed by atoms with E-state index in [2.05, 4.69) is 12.1 Å². The standard InChI is InChI=1S/C19H18O2/c1-13(20)14-9-11-15(12-10-14)16-5-3-7-18-17(16)6-4-8-19(18)21-2/h4-6,8-12H,3,7H2,1-2H3. The summed E-state index contributed by atoms with van der Waals surface area (Å²) in [6.45, 7) is 1.59. The molecule has 2 aromatic carbocycles. The first kappa shape index (κ1) is 13.6. The van der Waals surface area contributed by atoms with E-state index in [4.69, 9.17) is 4.74 Å². The topological polar surface area (TPSA) is 26.3 Å². The van der Waals surface area contributed by atoms with Gasteiger partial charge in [-0.05, 0) is 42.5 Å². The molecular weight excluding hydrogens is 260 g/mol. The van der Waals surface area contributed by atoms with Crippen LogP contribution in [0.25, 0.3) is 5.57 Å². The molecule has 0 amide bonds. The third-order valence-electron chi connectivity index (χ3n) is 3.99. The fraction of sp³-hybridized carbons (Fsp3) is 0.211. The van der Waals surface area contributed by atoms with Crippen molar-refractivity contribution in [2.75, 3.05) is 7.11 Å². The Hall–Kier alpha value is -2.35. The smallest absolute Gasteiger partial charge is 0.159 e. The second-order valence-electron chi connectivity index (χ2n) is 5.28. The Balaban J connectivity index is 2.05. The van der Waals surface area contributed by atoms with Gasteiger partial charge in [0.05, 0.1) is 7.11 Å². The van der Waals surface area contributed by atoms with Crippen molar-refractivity contribution in [1.82, 2.24) is 0 Å². The minimum Gasteiger partial charge on any atom is -0.496 e. The Kier molecular flexibility index (Phi) is 3.61. The zero-order valence-electron chi connectivity index (χ0n) is 12.3. The van der Waals surface area contributed by atoms with Crippen molar-refractivity contribution in [3.05, 3.63) is 70.8 Å². The summed E-state index contributed by atoms with van der Waals surface area (Å²) in [7, 11) is 1.72. The van der Waals surface area contributed by atoms with Gasteiger partial charge in [0.15, 0.2) is 5.78 Å². The molecule has 0 radical (unpaired) electrons. The van der Waals surface area contributed by atoms with Gasteiger partial charge in [0.1, 0.15) is 5.75 Å². The van der Waals surface area contributed by atoms with E-state index in [1.54, 1.807) is 14.0 Å². The number of hydrogen-bond donors (Lipinski definition) is 0. The number of Topliss-reactive ketones (excluding diaryl/α,β-unsaturated/α-hetero) is 1. The second kappa shape index (κ2) is 5.57. The molecule has 2 aromatic rings. The summed E-state index contributed by atoms with van der Waals surface area (Å²) in [5.74, 6) is 1.06. The highest BCUT2D eigenvalue weighted by Gasteiger charge is 2.17. The van der Waals surface area contributed by atoms with Crippen LogP contribution < -0.4 is 4.74 Å². The van der Waals surface area contributed by atoms with E-state index in [0.717, 1.165) is 29.7 Å². The van der Waals surface area contributed by atoms with Gasteiger partial charge in [-0.2, -0.15) is 0 Å². The molecule has 1 aliphatic carbocycles. The third-order valence-corrected chi connectivity index (χ3v) is 3.99. The van der Waals surface area contributed by atoms with Gasteiger partial charge in [0, 0.05) is 11.1 Å². The van der Waals surface area contributed by atoms with Gasteiger partial charge in [0.25, 0.3) is 0 Å². The molecule has 0 bridgehead atoms. The molecule has 0 atom stereocenters. The molecule has 0 aromatic heterocycles. The SMILES string of the molecule is COc1cccc2c1CCC=C2c1ccc(C(C)=O)cc1. The molecule has 0 spiro atoms. The lowest BCUT2D eigenvalue weighted by Crippen LogP contribution is -2.03. The van der Waals surface area contributed by atoms with Crippen molar-refractivity contribution < 1.29 is 9.53 Å². The van der Waals surface area contributed by atoms with Crippen LogP contribution >= 0.6 is 0 Å². The molecular formula is C19H18O2. The van der Waals surface area contributed by atoms with Crippen LogP contribution in [0.4, 0.5) is 0 Å². The molecule has 21 heavy (non-hydrogen) atoms. The normalized spacial score (nSPS) is 13.3. The number of rotatable bonds is 3. The fourth-order valence-corrected chi connectivity index (χ4v) is 2.90. The van der Waals surface area contributed by atoms with Gasteiger partial charge in [0.2, 0.25) is 0 Å². The highest BCUT2D eigenvalue weighted by atomic mass is 16.5. The molecule has 0 unspecified atom stereocenters. The lowest BCUT2D eigenvalue weighted by Gasteiger charge is -2.20. The number of benzene rings is 2. The van der Waals surface area contributed by atoms with Crippen molar-refractivity contribution >= 4 is 11.4 Å². The lowest BCUT2D eigenvalue weighted by atomic mass is 9.86. The molecule has 1 aliphatic rings. The molecule has 3 rings (SSSR count). The summed E-state index contributed by atoms with van der Waals surface area (Å²) < 4.78 is 5.48. The fourth-order valence-electron chi connectivity index (χ4n) is 2.90. The summed E-state index contributed by atoms with van der Waals surface area (Å²) in [6.07, 6.45) is 4.29. The van der Waals surface area contributed by atoms with E-state index >= 15 is 0 Å². The third kappa shape index (κ3) is 2.49. The molecule has 0 aliphatic heterocycles. The van der Waals surface area contributed by atoms with Crippen LogP contribution in [-0.2, 0) is 6.42 Å². The molecule has 0 heterocycles. The van der Waals surface area contributed by atoms with E-state index < -0.39 is 0 Å². The van der Waals surface area contributed by atoms with E-state index in [9.17, 15) is 4.79 Å². The minimum absolute atomic E-state index is 0.0984. The number of carbonyl (C=O) groups excluding carboxylic acids is 1. The van der Waals surface area contributed by atoms with Gasteiger partial charge in [-0.1, -0.05) is 42.5 Å². The van der Waals surface area contributed by atoms with Gasteiger partial charge in [-0.3, -0.25) is 4.79 Å². The van der Waals surface area contributed by atoms with Crippen molar-refractivity contribution in [3.63, 3.8) is 0 Å². The predicted octanol–water partition coefficient (Wildman–Crippen LogP) is 4.28. The summed E-state index contributed by atoms with van der Waals surface area (Å²) in [6, 6.07) is 14.0. The van der Waals surface area contributed by atoms with Crippen LogP contribution in [0.5, 0.6) is 5.75 Å². The first-order valence-electron chi connectivity index (χ1n) is 7.18. The Morgan fingerprint density at radius 2 is 1.86 bits per heavy atom. The Morgan fingerprint density at radius 1 is 1.10 bits per heavy atom. The largest absolute Gasteiger partial charge is 0.496 e. The monoisotopic (exact) mass is 278 g/mol. The first-order chi connectivity index (χ1) is 10.2. The number of fused-ring (bicyclic) bond motifs is 1. The minimum atomic E-state index is 0.0984. The molecule has 0 saturated carbocycles. The van der Waals surface area contributed by atoms with E-state index in [-0.39, 0.29) is 5.78 Å². The van der Waals surface area contributed by atoms with Crippen LogP contribution in [-0.4, -0.2) is 12.9 Å². The number of carbonyl (C=O) groups is 1. The van der Waals surface area contributed by atoms with Crippen LogP contribution in [0.3, 0.4) is 0 Å².